The minimum atomic E-state index is 0.0249. The molecule has 1 aliphatic carbocycles. The average Bonchev–Trinajstić information content (AvgIpc) is 2.67. The van der Waals surface area contributed by atoms with Crippen molar-refractivity contribution < 1.29 is 9.84 Å². The van der Waals surface area contributed by atoms with Crippen molar-refractivity contribution in [1.29, 1.82) is 0 Å². The summed E-state index contributed by atoms with van der Waals surface area (Å²) in [7, 11) is 1.71. The molecular weight excluding hydrogens is 350 g/mol. The SMILES string of the molecule is COCCN=C(Nc1cc(C(C)(C)C)ccc1O)N1CCCC2CCCCC21. The number of likely N-dealkylation sites (tertiary alicyclic amines) is 1. The van der Waals surface area contributed by atoms with E-state index in [9.17, 15) is 5.11 Å². The Bertz CT molecular complexity index is 679. The van der Waals surface area contributed by atoms with E-state index in [2.05, 4.69) is 37.1 Å². The highest BCUT2D eigenvalue weighted by Crippen LogP contribution is 2.36. The zero-order valence-electron chi connectivity index (χ0n) is 18.0. The zero-order valence-corrected chi connectivity index (χ0v) is 18.0. The Balaban J connectivity index is 1.87. The number of guanidine groups is 1. The van der Waals surface area contributed by atoms with E-state index in [0.717, 1.165) is 24.1 Å². The number of phenolic OH excluding ortho intramolecular Hbond substituents is 1. The number of anilines is 1. The van der Waals surface area contributed by atoms with Gasteiger partial charge in [0.05, 0.1) is 18.8 Å². The van der Waals surface area contributed by atoms with Crippen molar-refractivity contribution in [2.24, 2.45) is 10.9 Å². The van der Waals surface area contributed by atoms with Crippen LogP contribution in [0.1, 0.15) is 64.9 Å². The molecule has 1 saturated heterocycles. The summed E-state index contributed by atoms with van der Waals surface area (Å²) in [4.78, 5) is 7.32. The Morgan fingerprint density at radius 1 is 1.21 bits per heavy atom. The number of aliphatic imine (C=N–C) groups is 1. The van der Waals surface area contributed by atoms with Gasteiger partial charge in [0.25, 0.3) is 0 Å². The monoisotopic (exact) mass is 387 g/mol. The number of methoxy groups -OCH3 is 1. The minimum absolute atomic E-state index is 0.0249. The van der Waals surface area contributed by atoms with Crippen molar-refractivity contribution in [3.8, 4) is 5.75 Å². The van der Waals surface area contributed by atoms with E-state index in [-0.39, 0.29) is 11.2 Å². The van der Waals surface area contributed by atoms with Crippen LogP contribution in [-0.4, -0.2) is 48.8 Å². The molecule has 0 bridgehead atoms. The molecule has 2 N–H and O–H groups in total. The second-order valence-electron chi connectivity index (χ2n) is 9.25. The summed E-state index contributed by atoms with van der Waals surface area (Å²) in [5.41, 5.74) is 1.96. The molecule has 1 aromatic carbocycles. The molecule has 1 aromatic rings. The minimum Gasteiger partial charge on any atom is -0.506 e. The number of nitrogens with zero attached hydrogens (tertiary/aromatic N) is 2. The fourth-order valence-corrected chi connectivity index (χ4v) is 4.56. The van der Waals surface area contributed by atoms with Crippen LogP contribution in [0.2, 0.25) is 0 Å². The number of hydrogen-bond donors (Lipinski definition) is 2. The lowest BCUT2D eigenvalue weighted by molar-refractivity contribution is 0.118. The van der Waals surface area contributed by atoms with Crippen molar-refractivity contribution in [1.82, 2.24) is 4.90 Å². The summed E-state index contributed by atoms with van der Waals surface area (Å²) in [6.45, 7) is 8.81. The molecule has 0 radical (unpaired) electrons. The second-order valence-corrected chi connectivity index (χ2v) is 9.25. The molecule has 0 spiro atoms. The van der Waals surface area contributed by atoms with Crippen molar-refractivity contribution >= 4 is 11.6 Å². The van der Waals surface area contributed by atoms with Gasteiger partial charge in [0.2, 0.25) is 0 Å². The van der Waals surface area contributed by atoms with E-state index in [4.69, 9.17) is 9.73 Å². The smallest absolute Gasteiger partial charge is 0.198 e. The summed E-state index contributed by atoms with van der Waals surface area (Å²) in [5, 5.41) is 14.0. The van der Waals surface area contributed by atoms with Gasteiger partial charge in [-0.1, -0.05) is 39.7 Å². The quantitative estimate of drug-likeness (QED) is 0.338. The van der Waals surface area contributed by atoms with Gasteiger partial charge in [-0.2, -0.15) is 0 Å². The lowest BCUT2D eigenvalue weighted by atomic mass is 9.78. The number of piperidine rings is 1. The largest absolute Gasteiger partial charge is 0.506 e. The van der Waals surface area contributed by atoms with Gasteiger partial charge < -0.3 is 20.1 Å². The summed E-state index contributed by atoms with van der Waals surface area (Å²) in [6.07, 6.45) is 7.76. The highest BCUT2D eigenvalue weighted by atomic mass is 16.5. The van der Waals surface area contributed by atoms with Crippen LogP contribution in [0.25, 0.3) is 0 Å². The van der Waals surface area contributed by atoms with Gasteiger partial charge in [0.15, 0.2) is 5.96 Å². The van der Waals surface area contributed by atoms with Crippen molar-refractivity contribution in [3.63, 3.8) is 0 Å². The summed E-state index contributed by atoms with van der Waals surface area (Å²) in [6, 6.07) is 6.41. The van der Waals surface area contributed by atoms with Crippen LogP contribution in [0.15, 0.2) is 23.2 Å². The Labute approximate surface area is 170 Å². The predicted molar refractivity (Wildman–Crippen MR) is 116 cm³/mol. The van der Waals surface area contributed by atoms with E-state index in [1.807, 2.05) is 6.07 Å². The number of nitrogens with one attached hydrogen (secondary N) is 1. The topological polar surface area (TPSA) is 57.1 Å². The Morgan fingerprint density at radius 3 is 2.71 bits per heavy atom. The molecule has 0 aromatic heterocycles. The predicted octanol–water partition coefficient (Wildman–Crippen LogP) is 4.76. The summed E-state index contributed by atoms with van der Waals surface area (Å²) < 4.78 is 5.22. The normalized spacial score (nSPS) is 23.4. The van der Waals surface area contributed by atoms with Gasteiger partial charge in [-0.15, -0.1) is 0 Å². The molecule has 5 nitrogen and oxygen atoms in total. The molecule has 156 valence electrons. The van der Waals surface area contributed by atoms with Crippen molar-refractivity contribution in [2.45, 2.75) is 70.8 Å². The van der Waals surface area contributed by atoms with Crippen LogP contribution >= 0.6 is 0 Å². The number of benzene rings is 1. The van der Waals surface area contributed by atoms with E-state index >= 15 is 0 Å². The lowest BCUT2D eigenvalue weighted by Crippen LogP contribution is -2.52. The maximum Gasteiger partial charge on any atom is 0.198 e. The average molecular weight is 388 g/mol. The van der Waals surface area contributed by atoms with Crippen LogP contribution in [0.3, 0.4) is 0 Å². The van der Waals surface area contributed by atoms with Gasteiger partial charge in [-0.25, -0.2) is 0 Å². The highest BCUT2D eigenvalue weighted by molar-refractivity contribution is 5.95. The standard InChI is InChI=1S/C23H37N3O2/c1-23(2,3)18-11-12-21(27)19(16-18)25-22(24-13-15-28-4)26-14-7-9-17-8-5-6-10-20(17)26/h11-12,16-17,20,27H,5-10,13-15H2,1-4H3,(H,24,25). The number of ether oxygens (including phenoxy) is 1. The first-order valence-electron chi connectivity index (χ1n) is 10.8. The van der Waals surface area contributed by atoms with Gasteiger partial charge >= 0.3 is 0 Å². The molecule has 5 heteroatoms. The van der Waals surface area contributed by atoms with Crippen LogP contribution in [0, 0.1) is 5.92 Å². The molecule has 2 aliphatic rings. The molecule has 1 saturated carbocycles. The molecule has 1 heterocycles. The second kappa shape index (κ2) is 9.17. The van der Waals surface area contributed by atoms with Gasteiger partial charge in [0, 0.05) is 19.7 Å². The third kappa shape index (κ3) is 4.99. The van der Waals surface area contributed by atoms with Crippen LogP contribution in [0.5, 0.6) is 5.75 Å². The molecule has 2 unspecified atom stereocenters. The molecule has 3 rings (SSSR count). The number of rotatable bonds is 4. The van der Waals surface area contributed by atoms with Crippen molar-refractivity contribution in [2.75, 3.05) is 32.1 Å². The van der Waals surface area contributed by atoms with E-state index in [1.165, 1.54) is 44.1 Å². The van der Waals surface area contributed by atoms with E-state index < -0.39 is 0 Å². The zero-order chi connectivity index (χ0) is 20.1. The van der Waals surface area contributed by atoms with E-state index in [1.54, 1.807) is 13.2 Å². The van der Waals surface area contributed by atoms with Gasteiger partial charge in [-0.3, -0.25) is 4.99 Å². The van der Waals surface area contributed by atoms with Gasteiger partial charge in [-0.05, 0) is 54.7 Å². The van der Waals surface area contributed by atoms with Gasteiger partial charge in [0.1, 0.15) is 5.75 Å². The molecule has 2 fully saturated rings. The highest BCUT2D eigenvalue weighted by Gasteiger charge is 2.35. The lowest BCUT2D eigenvalue weighted by Gasteiger charge is -2.45. The molecule has 28 heavy (non-hydrogen) atoms. The number of fused-ring (bicyclic) bond motifs is 1. The molecule has 2 atom stereocenters. The molecule has 1 aliphatic heterocycles. The molecular formula is C23H37N3O2. The first-order chi connectivity index (χ1) is 13.4. The molecule has 0 amide bonds. The number of phenols is 1. The fourth-order valence-electron chi connectivity index (χ4n) is 4.56. The fraction of sp³-hybridized carbons (Fsp3) is 0.696. The maximum absolute atomic E-state index is 10.5. The van der Waals surface area contributed by atoms with Crippen molar-refractivity contribution in [3.05, 3.63) is 23.8 Å². The van der Waals surface area contributed by atoms with Crippen LogP contribution < -0.4 is 5.32 Å². The first-order valence-corrected chi connectivity index (χ1v) is 10.8. The van der Waals surface area contributed by atoms with E-state index in [0.29, 0.717) is 19.2 Å². The summed E-state index contributed by atoms with van der Waals surface area (Å²) in [5.74, 6) is 1.92. The van der Waals surface area contributed by atoms with Crippen LogP contribution in [0.4, 0.5) is 5.69 Å². The van der Waals surface area contributed by atoms with Crippen LogP contribution in [-0.2, 0) is 10.2 Å². The first kappa shape index (κ1) is 21.0. The Kier molecular flexibility index (Phi) is 6.86. The summed E-state index contributed by atoms with van der Waals surface area (Å²) >= 11 is 0. The maximum atomic E-state index is 10.5. The Hall–Kier alpha value is -1.75. The Morgan fingerprint density at radius 2 is 1.96 bits per heavy atom. The third-order valence-corrected chi connectivity index (χ3v) is 6.18. The number of aromatic hydroxyl groups is 1. The number of hydrogen-bond acceptors (Lipinski definition) is 3. The third-order valence-electron chi connectivity index (χ3n) is 6.18.